The van der Waals surface area contributed by atoms with E-state index in [1.165, 1.54) is 0 Å². The van der Waals surface area contributed by atoms with Crippen LogP contribution >= 0.6 is 0 Å². The Hall–Kier alpha value is -3.43. The van der Waals surface area contributed by atoms with Gasteiger partial charge < -0.3 is 24.4 Å². The topological polar surface area (TPSA) is 124 Å². The first kappa shape index (κ1) is 20.9. The number of nitrogens with one attached hydrogen (secondary N) is 1. The number of hydrogen-bond acceptors (Lipinski definition) is 7. The minimum absolute atomic E-state index is 0.0508. The number of carboxylic acids is 1. The number of hydrogen-bond donors (Lipinski definition) is 2. The Balaban J connectivity index is 1.87. The van der Waals surface area contributed by atoms with Gasteiger partial charge in [0.2, 0.25) is 0 Å². The molecule has 0 fully saturated rings. The highest BCUT2D eigenvalue weighted by molar-refractivity contribution is 5.83. The first-order chi connectivity index (χ1) is 13.2. The van der Waals surface area contributed by atoms with E-state index in [2.05, 4.69) is 15.5 Å². The molecule has 1 aromatic heterocycles. The molecule has 0 bridgehead atoms. The van der Waals surface area contributed by atoms with Crippen LogP contribution in [0.3, 0.4) is 0 Å². The number of carboxylic acid groups (broad SMARTS) is 1. The molecule has 9 nitrogen and oxygen atoms in total. The highest BCUT2D eigenvalue weighted by Crippen LogP contribution is 2.21. The van der Waals surface area contributed by atoms with Crippen molar-refractivity contribution < 1.29 is 33.1 Å². The van der Waals surface area contributed by atoms with Crippen molar-refractivity contribution in [3.63, 3.8) is 0 Å². The van der Waals surface area contributed by atoms with Crippen molar-refractivity contribution in [1.29, 1.82) is 0 Å². The number of rotatable bonds is 7. The van der Waals surface area contributed by atoms with Gasteiger partial charge in [0.25, 0.3) is 11.7 Å². The second kappa shape index (κ2) is 8.98. The Labute approximate surface area is 160 Å². The average Bonchev–Trinajstić information content (AvgIpc) is 3.11. The fourth-order valence-electron chi connectivity index (χ4n) is 1.92. The molecule has 0 aliphatic heterocycles. The summed E-state index contributed by atoms with van der Waals surface area (Å²) in [5.74, 6) is -1.25. The van der Waals surface area contributed by atoms with E-state index in [1.807, 2.05) is 0 Å². The molecule has 0 atom stereocenters. The summed E-state index contributed by atoms with van der Waals surface area (Å²) in [6.07, 6.45) is -0.297. The minimum Gasteiger partial charge on any atom is -0.489 e. The molecule has 1 amide bonds. The first-order valence-corrected chi connectivity index (χ1v) is 8.23. The number of nitrogens with zero attached hydrogens (tertiary/aromatic N) is 2. The van der Waals surface area contributed by atoms with Gasteiger partial charge >= 0.3 is 12.1 Å². The number of aromatic nitrogens is 2. The van der Waals surface area contributed by atoms with E-state index in [0.29, 0.717) is 17.6 Å². The summed E-state index contributed by atoms with van der Waals surface area (Å²) in [6, 6.07) is 6.34. The average molecular weight is 393 g/mol. The van der Waals surface area contributed by atoms with Crippen molar-refractivity contribution in [2.45, 2.75) is 26.4 Å². The van der Waals surface area contributed by atoms with Crippen LogP contribution in [0.2, 0.25) is 0 Å². The summed E-state index contributed by atoms with van der Waals surface area (Å²) in [7, 11) is 0. The molecule has 0 unspecified atom stereocenters. The SMILES string of the molecule is CC(C)(C)OC(=O)NC/C(=C\F)COc1ccc(-c2nc(C(=O)O)no2)cc1. The fraction of sp³-hybridized carbons (Fsp3) is 0.333. The zero-order valence-electron chi connectivity index (χ0n) is 15.6. The van der Waals surface area contributed by atoms with Crippen molar-refractivity contribution >= 4 is 12.1 Å². The quantitative estimate of drug-likeness (QED) is 0.735. The first-order valence-electron chi connectivity index (χ1n) is 8.23. The maximum atomic E-state index is 13.0. The van der Waals surface area contributed by atoms with Gasteiger partial charge in [-0.15, -0.1) is 0 Å². The number of benzene rings is 1. The van der Waals surface area contributed by atoms with Gasteiger partial charge in [0, 0.05) is 17.7 Å². The van der Waals surface area contributed by atoms with Gasteiger partial charge in [0.1, 0.15) is 18.0 Å². The van der Waals surface area contributed by atoms with Gasteiger partial charge in [-0.1, -0.05) is 0 Å². The molecule has 0 saturated heterocycles. The van der Waals surface area contributed by atoms with E-state index in [0.717, 1.165) is 0 Å². The molecule has 0 radical (unpaired) electrons. The summed E-state index contributed by atoms with van der Waals surface area (Å²) in [4.78, 5) is 26.1. The third-order valence-electron chi connectivity index (χ3n) is 3.16. The molecule has 150 valence electrons. The third-order valence-corrected chi connectivity index (χ3v) is 3.16. The lowest BCUT2D eigenvalue weighted by molar-refractivity contribution is 0.0531. The smallest absolute Gasteiger partial charge is 0.407 e. The molecule has 0 aliphatic rings. The van der Waals surface area contributed by atoms with Crippen LogP contribution in [0.5, 0.6) is 5.75 Å². The predicted molar refractivity (Wildman–Crippen MR) is 95.6 cm³/mol. The van der Waals surface area contributed by atoms with Crippen molar-refractivity contribution in [1.82, 2.24) is 15.5 Å². The maximum absolute atomic E-state index is 13.0. The Morgan fingerprint density at radius 3 is 2.50 bits per heavy atom. The molecular formula is C18H20FN3O6. The molecule has 2 aromatic rings. The van der Waals surface area contributed by atoms with Crippen LogP contribution < -0.4 is 10.1 Å². The number of ether oxygens (including phenoxy) is 2. The summed E-state index contributed by atoms with van der Waals surface area (Å²) in [6.45, 7) is 5.02. The van der Waals surface area contributed by atoms with Crippen molar-refractivity contribution in [2.75, 3.05) is 13.2 Å². The van der Waals surface area contributed by atoms with Crippen LogP contribution in [-0.2, 0) is 4.74 Å². The zero-order valence-corrected chi connectivity index (χ0v) is 15.6. The van der Waals surface area contributed by atoms with Crippen LogP contribution in [0, 0.1) is 0 Å². The molecular weight excluding hydrogens is 373 g/mol. The highest BCUT2D eigenvalue weighted by atomic mass is 19.1. The summed E-state index contributed by atoms with van der Waals surface area (Å²) >= 11 is 0. The third kappa shape index (κ3) is 6.38. The second-order valence-electron chi connectivity index (χ2n) is 6.66. The molecule has 28 heavy (non-hydrogen) atoms. The van der Waals surface area contributed by atoms with Crippen molar-refractivity contribution in [3.8, 4) is 17.2 Å². The lowest BCUT2D eigenvalue weighted by Crippen LogP contribution is -2.34. The van der Waals surface area contributed by atoms with Crippen LogP contribution in [-0.4, -0.2) is 46.1 Å². The number of halogens is 1. The van der Waals surface area contributed by atoms with Gasteiger partial charge in [0.05, 0.1) is 6.33 Å². The molecule has 0 aliphatic carbocycles. The van der Waals surface area contributed by atoms with Crippen molar-refractivity contribution in [2.24, 2.45) is 0 Å². The fourth-order valence-corrected chi connectivity index (χ4v) is 1.92. The maximum Gasteiger partial charge on any atom is 0.407 e. The predicted octanol–water partition coefficient (Wildman–Crippen LogP) is 3.19. The molecule has 2 N–H and O–H groups in total. The zero-order chi connectivity index (χ0) is 20.7. The standard InChI is InChI=1S/C18H20FN3O6/c1-18(2,3)27-17(25)20-9-11(8-19)10-26-13-6-4-12(5-7-13)15-21-14(16(23)24)22-28-15/h4-8H,9-10H2,1-3H3,(H,20,25)(H,23,24)/b11-8+. The lowest BCUT2D eigenvalue weighted by atomic mass is 10.2. The van der Waals surface area contributed by atoms with Gasteiger partial charge in [0.15, 0.2) is 0 Å². The Kier molecular flexibility index (Phi) is 6.69. The summed E-state index contributed by atoms with van der Waals surface area (Å²) < 4.78 is 28.4. The van der Waals surface area contributed by atoms with Crippen LogP contribution in [0.25, 0.3) is 11.5 Å². The van der Waals surface area contributed by atoms with E-state index >= 15 is 0 Å². The van der Waals surface area contributed by atoms with E-state index < -0.39 is 23.5 Å². The summed E-state index contributed by atoms with van der Waals surface area (Å²) in [5, 5.41) is 14.6. The molecule has 0 spiro atoms. The van der Waals surface area contributed by atoms with Crippen molar-refractivity contribution in [3.05, 3.63) is 42.0 Å². The Morgan fingerprint density at radius 2 is 1.96 bits per heavy atom. The molecule has 1 aromatic carbocycles. The lowest BCUT2D eigenvalue weighted by Gasteiger charge is -2.20. The van der Waals surface area contributed by atoms with E-state index in [1.54, 1.807) is 45.0 Å². The highest BCUT2D eigenvalue weighted by Gasteiger charge is 2.16. The largest absolute Gasteiger partial charge is 0.489 e. The van der Waals surface area contributed by atoms with Crippen LogP contribution in [0.15, 0.2) is 40.7 Å². The van der Waals surface area contributed by atoms with Crippen LogP contribution in [0.4, 0.5) is 9.18 Å². The number of amides is 1. The van der Waals surface area contributed by atoms with Gasteiger partial charge in [-0.3, -0.25) is 0 Å². The van der Waals surface area contributed by atoms with E-state index in [4.69, 9.17) is 19.1 Å². The minimum atomic E-state index is -1.29. The number of aromatic carboxylic acids is 1. The van der Waals surface area contributed by atoms with Gasteiger partial charge in [-0.05, 0) is 50.2 Å². The Morgan fingerprint density at radius 1 is 1.29 bits per heavy atom. The molecule has 0 saturated carbocycles. The number of alkyl carbamates (subject to hydrolysis) is 1. The monoisotopic (exact) mass is 393 g/mol. The molecule has 10 heteroatoms. The van der Waals surface area contributed by atoms with Gasteiger partial charge in [-0.2, -0.15) is 4.98 Å². The van der Waals surface area contributed by atoms with Gasteiger partial charge in [-0.25, -0.2) is 14.0 Å². The summed E-state index contributed by atoms with van der Waals surface area (Å²) in [5.41, 5.74) is 0.0593. The second-order valence-corrected chi connectivity index (χ2v) is 6.66. The van der Waals surface area contributed by atoms with E-state index in [9.17, 15) is 14.0 Å². The van der Waals surface area contributed by atoms with E-state index in [-0.39, 0.29) is 24.6 Å². The molecule has 1 heterocycles. The normalized spacial score (nSPS) is 11.8. The number of carbonyl (C=O) groups is 2. The molecule has 2 rings (SSSR count). The number of carbonyl (C=O) groups excluding carboxylic acids is 1. The van der Waals surface area contributed by atoms with Crippen LogP contribution in [0.1, 0.15) is 31.4 Å². The Bertz CT molecular complexity index is 855.